The van der Waals surface area contributed by atoms with E-state index in [-0.39, 0.29) is 0 Å². The average molecular weight is 1630 g/mol. The maximum Gasteiger partial charge on any atom is 0.104 e. The van der Waals surface area contributed by atoms with E-state index in [0.29, 0.717) is 16.9 Å². The second-order valence-electron chi connectivity index (χ2n) is 22.6. The van der Waals surface area contributed by atoms with Crippen LogP contribution in [0.2, 0.25) is 0 Å². The minimum Gasteiger partial charge on any atom is -0.306 e. The lowest BCUT2D eigenvalue weighted by Gasteiger charge is -2.47. The van der Waals surface area contributed by atoms with Crippen molar-refractivity contribution >= 4 is 227 Å². The Labute approximate surface area is 588 Å². The fourth-order valence-corrected chi connectivity index (χ4v) is 15.2. The fourth-order valence-electron chi connectivity index (χ4n) is 13.8. The predicted molar refractivity (Wildman–Crippen MR) is 414 cm³/mol. The highest BCUT2D eigenvalue weighted by Gasteiger charge is 2.44. The Balaban J connectivity index is 1.05. The highest BCUT2D eigenvalue weighted by atomic mass is 127. The fraction of sp³-hybridized carbons (Fsp3) is 0. The normalized spacial score (nSPS) is 13.2. The van der Waals surface area contributed by atoms with Crippen LogP contribution in [0.25, 0.3) is 0 Å². The summed E-state index contributed by atoms with van der Waals surface area (Å²) in [6, 6.07) is 110. The number of halogens is 4. The van der Waals surface area contributed by atoms with E-state index in [2.05, 4.69) is 433 Å². The molecule has 438 valence electrons. The molecule has 0 aliphatic carbocycles. The van der Waals surface area contributed by atoms with Gasteiger partial charge >= 0.3 is 0 Å². The van der Waals surface area contributed by atoms with Gasteiger partial charge < -0.3 is 39.2 Å². The highest BCUT2D eigenvalue weighted by Crippen LogP contribution is 2.67. The van der Waals surface area contributed by atoms with Crippen LogP contribution in [0.15, 0.2) is 297 Å². The summed E-state index contributed by atoms with van der Waals surface area (Å²) < 4.78 is 4.60. The average Bonchev–Trinajstić information content (AvgIpc) is 0.705. The van der Waals surface area contributed by atoms with Crippen molar-refractivity contribution in [3.05, 3.63) is 317 Å². The van der Waals surface area contributed by atoms with Crippen molar-refractivity contribution in [2.75, 3.05) is 39.2 Å². The lowest BCUT2D eigenvalue weighted by molar-refractivity contribution is 1.11. The molecular weight excluding hydrogens is 1580 g/mol. The first kappa shape index (κ1) is 56.6. The number of nitrogens with zero attached hydrogens (tertiary/aromatic N) is 9. The summed E-state index contributed by atoms with van der Waals surface area (Å²) in [6.07, 6.45) is 0. The summed E-state index contributed by atoms with van der Waals surface area (Å²) in [6.45, 7) is 0. The summed E-state index contributed by atoms with van der Waals surface area (Å²) in [5.41, 5.74) is 22.8. The maximum atomic E-state index is 13.3. The molecule has 4 heterocycles. The Morgan fingerprint density at radius 2 is 0.359 bits per heavy atom. The van der Waals surface area contributed by atoms with Gasteiger partial charge in [0, 0.05) is 37.0 Å². The second kappa shape index (κ2) is 23.1. The quantitative estimate of drug-likeness (QED) is 0.139. The van der Waals surface area contributed by atoms with Crippen molar-refractivity contribution in [1.29, 1.82) is 5.26 Å². The first-order valence-electron chi connectivity index (χ1n) is 30.1. The molecular formula is C79H49I4N9. The van der Waals surface area contributed by atoms with Gasteiger partial charge in [-0.25, -0.2) is 0 Å². The van der Waals surface area contributed by atoms with Crippen LogP contribution in [-0.4, -0.2) is 0 Å². The molecule has 0 radical (unpaired) electrons. The summed E-state index contributed by atoms with van der Waals surface area (Å²) in [5, 5.41) is 13.3. The summed E-state index contributed by atoms with van der Waals surface area (Å²) >= 11 is 9.56. The van der Waals surface area contributed by atoms with Crippen LogP contribution in [0.3, 0.4) is 0 Å². The molecule has 13 heteroatoms. The van der Waals surface area contributed by atoms with Crippen LogP contribution in [0.4, 0.5) is 136 Å². The number of benzene rings is 13. The van der Waals surface area contributed by atoms with Crippen LogP contribution in [0.1, 0.15) is 5.56 Å². The van der Waals surface area contributed by atoms with Gasteiger partial charge in [-0.2, -0.15) is 5.26 Å². The van der Waals surface area contributed by atoms with Crippen LogP contribution in [0.5, 0.6) is 0 Å². The van der Waals surface area contributed by atoms with Gasteiger partial charge in [0.25, 0.3) is 0 Å². The lowest BCUT2D eigenvalue weighted by Crippen LogP contribution is -2.31. The Morgan fingerprint density at radius 3 is 0.533 bits per heavy atom. The van der Waals surface area contributed by atoms with E-state index in [9.17, 15) is 5.26 Å². The van der Waals surface area contributed by atoms with Gasteiger partial charge in [0.15, 0.2) is 0 Å². The molecule has 13 aromatic carbocycles. The van der Waals surface area contributed by atoms with Gasteiger partial charge in [-0.1, -0.05) is 97.1 Å². The summed E-state index contributed by atoms with van der Waals surface area (Å²) in [5.74, 6) is 0. The van der Waals surface area contributed by atoms with Crippen molar-refractivity contribution in [3.63, 3.8) is 0 Å². The van der Waals surface area contributed by atoms with E-state index in [4.69, 9.17) is 0 Å². The third-order valence-corrected chi connectivity index (χ3v) is 20.4. The zero-order valence-electron chi connectivity index (χ0n) is 48.8. The van der Waals surface area contributed by atoms with Gasteiger partial charge in [-0.15, -0.1) is 0 Å². The van der Waals surface area contributed by atoms with E-state index in [0.717, 1.165) is 139 Å². The molecule has 0 N–H and O–H groups in total. The van der Waals surface area contributed by atoms with E-state index >= 15 is 0 Å². The van der Waals surface area contributed by atoms with Gasteiger partial charge in [0.1, 0.15) is 11.6 Å². The van der Waals surface area contributed by atoms with E-state index in [1.54, 1.807) is 0 Å². The number of hydrogen-bond donors (Lipinski definition) is 0. The van der Waals surface area contributed by atoms with Gasteiger partial charge in [0.2, 0.25) is 0 Å². The van der Waals surface area contributed by atoms with Gasteiger partial charge in [-0.05, 0) is 291 Å². The number of rotatable bonds is 8. The first-order valence-corrected chi connectivity index (χ1v) is 34.4. The lowest BCUT2D eigenvalue weighted by atomic mass is 9.95. The van der Waals surface area contributed by atoms with Crippen LogP contribution in [0, 0.1) is 25.6 Å². The number of hydrogen-bond acceptors (Lipinski definition) is 9. The Morgan fingerprint density at radius 1 is 0.196 bits per heavy atom. The SMILES string of the molecule is N#Cc1c(N2c3ccccc3N(c3ccc(I)cc3)c3ccccc32)c(N2c3ccccc3N(c3ccc(I)cc3)c3ccccc32)cc(N2c3ccccc3N(c3ccc(I)cc3)c3ccccc32)c1N1c2ccccc2N(c2ccc(I)cc2)c2ccccc21. The molecule has 0 saturated carbocycles. The maximum absolute atomic E-state index is 13.3. The Bertz CT molecular complexity index is 4630. The number of nitriles is 1. The van der Waals surface area contributed by atoms with Crippen molar-refractivity contribution in [3.8, 4) is 6.07 Å². The highest BCUT2D eigenvalue weighted by molar-refractivity contribution is 14.1. The number of anilines is 24. The minimum atomic E-state index is 0.460. The first-order chi connectivity index (χ1) is 45.3. The van der Waals surface area contributed by atoms with Crippen molar-refractivity contribution in [2.24, 2.45) is 0 Å². The van der Waals surface area contributed by atoms with E-state index in [1.807, 2.05) is 0 Å². The summed E-state index contributed by atoms with van der Waals surface area (Å²) in [4.78, 5) is 19.1. The molecule has 92 heavy (non-hydrogen) atoms. The molecule has 17 rings (SSSR count). The standard InChI is InChI=1S/C79H49I4N9/c80-51-33-41-55(42-34-51)85-60-17-1-9-25-68(60)89(69-26-10-2-18-61(69)85)76-49-77(90-70-27-11-3-19-62(70)86(56-43-35-52(81)36-44-56)63-20-4-12-28-71(63)90)79(92-74-31-15-7-23-66(74)88(58-47-39-54(83)40-48-58)67-24-8-16-32-75(67)92)59(50-84)78(76)91-72-29-13-5-21-64(72)87(57-45-37-53(82)38-46-57)65-22-6-14-30-73(65)91/h1-49H. The van der Waals surface area contributed by atoms with Crippen LogP contribution in [-0.2, 0) is 0 Å². The van der Waals surface area contributed by atoms with Gasteiger partial charge in [0.05, 0.1) is 114 Å². The second-order valence-corrected chi connectivity index (χ2v) is 27.6. The monoisotopic (exact) mass is 1630 g/mol. The number of fused-ring (bicyclic) bond motifs is 8. The minimum absolute atomic E-state index is 0.460. The third kappa shape index (κ3) is 9.14. The zero-order chi connectivity index (χ0) is 61.7. The summed E-state index contributed by atoms with van der Waals surface area (Å²) in [7, 11) is 0. The zero-order valence-corrected chi connectivity index (χ0v) is 57.5. The largest absolute Gasteiger partial charge is 0.306 e. The van der Waals surface area contributed by atoms with Gasteiger partial charge in [-0.3, -0.25) is 0 Å². The molecule has 13 aromatic rings. The molecule has 0 spiro atoms. The van der Waals surface area contributed by atoms with Crippen molar-refractivity contribution < 1.29 is 0 Å². The molecule has 0 bridgehead atoms. The van der Waals surface area contributed by atoms with E-state index in [1.165, 1.54) is 0 Å². The van der Waals surface area contributed by atoms with Crippen molar-refractivity contribution in [1.82, 2.24) is 0 Å². The molecule has 9 nitrogen and oxygen atoms in total. The Hall–Kier alpha value is -9.33. The molecule has 0 unspecified atom stereocenters. The van der Waals surface area contributed by atoms with Crippen LogP contribution < -0.4 is 39.2 Å². The molecule has 4 aliphatic rings. The topological polar surface area (TPSA) is 49.7 Å². The molecule has 4 aliphatic heterocycles. The molecule has 0 amide bonds. The number of para-hydroxylation sites is 16. The van der Waals surface area contributed by atoms with Crippen LogP contribution >= 0.6 is 90.4 Å². The Kier molecular flexibility index (Phi) is 14.2. The van der Waals surface area contributed by atoms with E-state index < -0.39 is 0 Å². The predicted octanol–water partition coefficient (Wildman–Crippen LogP) is 25.0. The molecule has 0 saturated heterocycles. The third-order valence-electron chi connectivity index (χ3n) is 17.5. The van der Waals surface area contributed by atoms with Crippen molar-refractivity contribution in [2.45, 2.75) is 0 Å². The molecule has 0 atom stereocenters. The molecule has 0 fully saturated rings. The molecule has 0 aromatic heterocycles. The smallest absolute Gasteiger partial charge is 0.104 e.